The van der Waals surface area contributed by atoms with Crippen molar-refractivity contribution >= 4 is 21.6 Å². The summed E-state index contributed by atoms with van der Waals surface area (Å²) in [6.07, 6.45) is 0. The molecule has 0 amide bonds. The lowest BCUT2D eigenvalue weighted by molar-refractivity contribution is 0.597. The van der Waals surface area contributed by atoms with Crippen molar-refractivity contribution in [2.24, 2.45) is 0 Å². The Labute approximate surface area is 53.4 Å². The molecule has 0 aromatic carbocycles. The minimum Gasteiger partial charge on any atom is -0.215 e. The largest absolute Gasteiger partial charge is 0.234 e. The number of hydrogen-bond donors (Lipinski definition) is 1. The van der Waals surface area contributed by atoms with Crippen LogP contribution in [0.5, 0.6) is 0 Å². The molecule has 48 valence electrons. The molecule has 0 aromatic rings. The van der Waals surface area contributed by atoms with Gasteiger partial charge in [0.25, 0.3) is 0 Å². The smallest absolute Gasteiger partial charge is 0.215 e. The van der Waals surface area contributed by atoms with Gasteiger partial charge in [-0.25, -0.2) is 13.1 Å². The molecule has 0 spiro atoms. The fraction of sp³-hybridized carbons (Fsp3) is 0.333. The summed E-state index contributed by atoms with van der Waals surface area (Å²) in [5.41, 5.74) is 0.936. The van der Waals surface area contributed by atoms with Crippen LogP contribution in [0.3, 0.4) is 0 Å². The Kier molecular flexibility index (Phi) is 3.04. The predicted molar refractivity (Wildman–Crippen MR) is 33.0 cm³/mol. The fourth-order valence-electron chi connectivity index (χ4n) is 0.136. The number of nitrogens with one attached hydrogen (secondary N) is 1. The summed E-state index contributed by atoms with van der Waals surface area (Å²) in [5.74, 6) is 0. The van der Waals surface area contributed by atoms with E-state index in [0.717, 1.165) is 10.9 Å². The van der Waals surface area contributed by atoms with Crippen molar-refractivity contribution in [3.05, 3.63) is 10.9 Å². The molecule has 0 saturated heterocycles. The third kappa shape index (κ3) is 3.01. The zero-order chi connectivity index (χ0) is 6.62. The molecule has 0 atom stereocenters. The van der Waals surface area contributed by atoms with Gasteiger partial charge in [-0.05, 0) is 7.05 Å². The lowest BCUT2D eigenvalue weighted by atomic mass is 11.3. The van der Waals surface area contributed by atoms with E-state index in [-0.39, 0.29) is 0 Å². The van der Waals surface area contributed by atoms with Gasteiger partial charge in [-0.2, -0.15) is 0 Å². The van der Waals surface area contributed by atoms with Gasteiger partial charge in [0.2, 0.25) is 10.0 Å². The number of hydrogen-bond acceptors (Lipinski definition) is 2. The first-order valence-corrected chi connectivity index (χ1v) is 3.81. The third-order valence-corrected chi connectivity index (χ3v) is 1.85. The molecule has 0 heterocycles. The molecular weight excluding hydrogens is 150 g/mol. The molecule has 0 fully saturated rings. The van der Waals surface area contributed by atoms with Crippen molar-refractivity contribution in [1.29, 1.82) is 0 Å². The average molecular weight is 156 g/mol. The van der Waals surface area contributed by atoms with Gasteiger partial charge in [0.05, 0.1) is 5.41 Å². The Morgan fingerprint density at radius 2 is 2.12 bits per heavy atom. The topological polar surface area (TPSA) is 46.2 Å². The number of halogens is 1. The highest BCUT2D eigenvalue weighted by molar-refractivity contribution is 7.92. The zero-order valence-corrected chi connectivity index (χ0v) is 5.83. The Hall–Kier alpha value is -0.0600. The molecule has 5 heteroatoms. The highest BCUT2D eigenvalue weighted by Gasteiger charge is 1.95. The second kappa shape index (κ2) is 3.06. The molecular formula is C3H6ClNO2S. The van der Waals surface area contributed by atoms with Crippen molar-refractivity contribution in [2.45, 2.75) is 0 Å². The molecule has 3 nitrogen and oxygen atoms in total. The summed E-state index contributed by atoms with van der Waals surface area (Å²) in [5, 5.41) is 0.870. The monoisotopic (exact) mass is 155 g/mol. The van der Waals surface area contributed by atoms with Crippen LogP contribution in [0.1, 0.15) is 0 Å². The van der Waals surface area contributed by atoms with Gasteiger partial charge in [0, 0.05) is 5.54 Å². The summed E-state index contributed by atoms with van der Waals surface area (Å²) in [6, 6.07) is 0. The minimum absolute atomic E-state index is 0.870. The molecule has 0 rings (SSSR count). The van der Waals surface area contributed by atoms with E-state index >= 15 is 0 Å². The molecule has 0 aliphatic carbocycles. The maximum Gasteiger partial charge on any atom is 0.234 e. The van der Waals surface area contributed by atoms with E-state index in [4.69, 9.17) is 11.6 Å². The summed E-state index contributed by atoms with van der Waals surface area (Å²) in [7, 11) is -1.92. The van der Waals surface area contributed by atoms with Gasteiger partial charge in [0.15, 0.2) is 0 Å². The van der Waals surface area contributed by atoms with Crippen LogP contribution in [-0.2, 0) is 10.0 Å². The van der Waals surface area contributed by atoms with Gasteiger partial charge in [-0.3, -0.25) is 0 Å². The van der Waals surface area contributed by atoms with Crippen molar-refractivity contribution in [1.82, 2.24) is 4.72 Å². The maximum absolute atomic E-state index is 10.3. The van der Waals surface area contributed by atoms with Crippen LogP contribution in [0, 0.1) is 0 Å². The number of rotatable bonds is 2. The van der Waals surface area contributed by atoms with Crippen LogP contribution in [0.2, 0.25) is 0 Å². The van der Waals surface area contributed by atoms with E-state index in [2.05, 4.69) is 0 Å². The third-order valence-electron chi connectivity index (χ3n) is 0.515. The molecule has 0 aliphatic rings. The van der Waals surface area contributed by atoms with Crippen LogP contribution < -0.4 is 4.72 Å². The first-order valence-electron chi connectivity index (χ1n) is 1.82. The van der Waals surface area contributed by atoms with Crippen molar-refractivity contribution in [3.63, 3.8) is 0 Å². The maximum atomic E-state index is 10.3. The van der Waals surface area contributed by atoms with Crippen LogP contribution in [-0.4, -0.2) is 15.5 Å². The number of sulfonamides is 1. The van der Waals surface area contributed by atoms with Crippen molar-refractivity contribution < 1.29 is 8.42 Å². The van der Waals surface area contributed by atoms with Crippen LogP contribution in [0.15, 0.2) is 10.9 Å². The highest BCUT2D eigenvalue weighted by Crippen LogP contribution is 1.85. The van der Waals surface area contributed by atoms with Crippen LogP contribution in [0.4, 0.5) is 0 Å². The minimum atomic E-state index is -3.23. The highest BCUT2D eigenvalue weighted by atomic mass is 35.5. The molecule has 0 bridgehead atoms. The molecule has 0 aromatic heterocycles. The van der Waals surface area contributed by atoms with E-state index in [1.807, 2.05) is 4.72 Å². The Morgan fingerprint density at radius 3 is 2.25 bits per heavy atom. The van der Waals surface area contributed by atoms with E-state index in [0.29, 0.717) is 0 Å². The normalized spacial score (nSPS) is 12.8. The first-order chi connectivity index (χ1) is 3.62. The second-order valence-electron chi connectivity index (χ2n) is 1.01. The van der Waals surface area contributed by atoms with Gasteiger partial charge < -0.3 is 0 Å². The molecule has 0 unspecified atom stereocenters. The van der Waals surface area contributed by atoms with Gasteiger partial charge in [0.1, 0.15) is 0 Å². The quantitative estimate of drug-likeness (QED) is 0.621. The standard InChI is InChI=1S/C3H6ClNO2S/c1-5-8(6,7)3-2-4/h2-3,5H,1H3/b3-2-. The Balaban J connectivity index is 4.17. The molecule has 0 saturated carbocycles. The second-order valence-corrected chi connectivity index (χ2v) is 3.03. The van der Waals surface area contributed by atoms with Crippen LogP contribution in [0.25, 0.3) is 0 Å². The summed E-state index contributed by atoms with van der Waals surface area (Å²) >= 11 is 4.97. The van der Waals surface area contributed by atoms with Gasteiger partial charge in [-0.15, -0.1) is 0 Å². The molecule has 8 heavy (non-hydrogen) atoms. The van der Waals surface area contributed by atoms with Gasteiger partial charge in [-0.1, -0.05) is 11.6 Å². The summed E-state index contributed by atoms with van der Waals surface area (Å²) in [4.78, 5) is 0. The predicted octanol–water partition coefficient (Wildman–Crippen LogP) is 0.246. The molecule has 1 N–H and O–H groups in total. The lowest BCUT2D eigenvalue weighted by Crippen LogP contribution is -2.14. The zero-order valence-electron chi connectivity index (χ0n) is 4.26. The average Bonchev–Trinajstić information content (AvgIpc) is 1.67. The Bertz CT molecular complexity index is 172. The van der Waals surface area contributed by atoms with Crippen molar-refractivity contribution in [3.8, 4) is 0 Å². The summed E-state index contributed by atoms with van der Waals surface area (Å²) < 4.78 is 22.7. The van der Waals surface area contributed by atoms with Crippen molar-refractivity contribution in [2.75, 3.05) is 7.05 Å². The van der Waals surface area contributed by atoms with E-state index < -0.39 is 10.0 Å². The first kappa shape index (κ1) is 7.94. The molecule has 0 radical (unpaired) electrons. The van der Waals surface area contributed by atoms with Gasteiger partial charge >= 0.3 is 0 Å². The van der Waals surface area contributed by atoms with E-state index in [1.54, 1.807) is 0 Å². The Morgan fingerprint density at radius 1 is 1.62 bits per heavy atom. The summed E-state index contributed by atoms with van der Waals surface area (Å²) in [6.45, 7) is 0. The van der Waals surface area contributed by atoms with E-state index in [1.165, 1.54) is 7.05 Å². The lowest BCUT2D eigenvalue weighted by Gasteiger charge is -1.88. The van der Waals surface area contributed by atoms with E-state index in [9.17, 15) is 8.42 Å². The SMILES string of the molecule is CNS(=O)(=O)/C=C\Cl. The van der Waals surface area contributed by atoms with Crippen LogP contribution >= 0.6 is 11.6 Å². The molecule has 0 aliphatic heterocycles. The fourth-order valence-corrected chi connectivity index (χ4v) is 0.814.